The standard InChI is InChI=1S/C28H38N6O6/c1-29-9-11-31(13-15-33(3,4)39)23-21-22(28(38)20-18(36)8-7-17(35)19(20)27(21)37)24-26(25(23)29)30(2)10-12-32(24)14-16-34(5,6)40/h7-8,35-36H,9-16H2,1-6H3. The number of hydrogen-bond donors (Lipinski definition) is 2. The number of quaternary nitrogens is 2. The highest BCUT2D eigenvalue weighted by Crippen LogP contribution is 2.55. The van der Waals surface area contributed by atoms with E-state index in [1.54, 1.807) is 28.2 Å². The molecule has 2 aromatic carbocycles. The molecule has 40 heavy (non-hydrogen) atoms. The molecule has 0 bridgehead atoms. The van der Waals surface area contributed by atoms with Gasteiger partial charge in [-0.2, -0.15) is 0 Å². The van der Waals surface area contributed by atoms with Gasteiger partial charge >= 0.3 is 0 Å². The fourth-order valence-electron chi connectivity index (χ4n) is 5.93. The molecule has 12 nitrogen and oxygen atoms in total. The van der Waals surface area contributed by atoms with E-state index in [1.807, 2.05) is 23.9 Å². The Kier molecular flexibility index (Phi) is 6.65. The maximum atomic E-state index is 14.3. The number of ketones is 2. The van der Waals surface area contributed by atoms with Crippen LogP contribution in [0.2, 0.25) is 0 Å². The summed E-state index contributed by atoms with van der Waals surface area (Å²) in [6.07, 6.45) is 0. The van der Waals surface area contributed by atoms with E-state index in [4.69, 9.17) is 0 Å². The highest BCUT2D eigenvalue weighted by Gasteiger charge is 2.45. The second-order valence-electron chi connectivity index (χ2n) is 12.1. The van der Waals surface area contributed by atoms with Crippen LogP contribution in [0.4, 0.5) is 22.7 Å². The molecule has 2 heterocycles. The van der Waals surface area contributed by atoms with Crippen LogP contribution in [0, 0.1) is 10.4 Å². The van der Waals surface area contributed by atoms with E-state index in [1.165, 1.54) is 12.1 Å². The first-order valence-electron chi connectivity index (χ1n) is 13.5. The number of rotatable bonds is 6. The van der Waals surface area contributed by atoms with Crippen LogP contribution in [0.15, 0.2) is 12.1 Å². The van der Waals surface area contributed by atoms with Crippen LogP contribution in [0.3, 0.4) is 0 Å². The average Bonchev–Trinajstić information content (AvgIpc) is 2.85. The first-order chi connectivity index (χ1) is 18.6. The van der Waals surface area contributed by atoms with Crippen LogP contribution in [0.25, 0.3) is 0 Å². The summed E-state index contributed by atoms with van der Waals surface area (Å²) in [5, 5.41) is 46.5. The van der Waals surface area contributed by atoms with E-state index < -0.39 is 20.9 Å². The predicted octanol–water partition coefficient (Wildman–Crippen LogP) is 1.53. The van der Waals surface area contributed by atoms with Gasteiger partial charge in [-0.05, 0) is 12.1 Å². The Labute approximate surface area is 234 Å². The molecular formula is C28H38N6O6. The van der Waals surface area contributed by atoms with Crippen molar-refractivity contribution in [1.29, 1.82) is 0 Å². The molecule has 2 aromatic rings. The number of carbonyl (C=O) groups is 2. The molecule has 0 atom stereocenters. The van der Waals surface area contributed by atoms with Crippen molar-refractivity contribution in [2.75, 3.05) is 114 Å². The highest BCUT2D eigenvalue weighted by atomic mass is 16.5. The number of phenolic OH excluding ortho intramolecular Hbond substituents is 2. The van der Waals surface area contributed by atoms with Crippen molar-refractivity contribution in [3.05, 3.63) is 44.8 Å². The average molecular weight is 555 g/mol. The third-order valence-electron chi connectivity index (χ3n) is 8.09. The van der Waals surface area contributed by atoms with Gasteiger partial charge in [0.2, 0.25) is 11.6 Å². The highest BCUT2D eigenvalue weighted by molar-refractivity contribution is 6.35. The maximum absolute atomic E-state index is 14.3. The summed E-state index contributed by atoms with van der Waals surface area (Å²) in [5.41, 5.74) is 2.51. The molecule has 0 aromatic heterocycles. The van der Waals surface area contributed by atoms with Crippen LogP contribution in [-0.2, 0) is 0 Å². The number of likely N-dealkylation sites (N-methyl/N-ethyl adjacent to an activating group) is 4. The molecule has 5 rings (SSSR count). The van der Waals surface area contributed by atoms with Crippen molar-refractivity contribution < 1.29 is 29.1 Å². The van der Waals surface area contributed by atoms with Gasteiger partial charge < -0.3 is 49.5 Å². The summed E-state index contributed by atoms with van der Waals surface area (Å²) in [7, 11) is 10.1. The fourth-order valence-corrected chi connectivity index (χ4v) is 5.93. The number of anilines is 4. The number of carbonyl (C=O) groups excluding carboxylic acids is 2. The third kappa shape index (κ3) is 4.60. The van der Waals surface area contributed by atoms with Crippen molar-refractivity contribution >= 4 is 34.3 Å². The molecule has 3 aliphatic rings. The SMILES string of the molecule is CN1CCN(CC[N+](C)(C)[O-])c2c3c(c4c(c21)N(C)CCN4CC[N+](C)(C)[O-])C(=O)c1c(O)ccc(O)c1C3=O. The van der Waals surface area contributed by atoms with Gasteiger partial charge in [0.1, 0.15) is 11.5 Å². The van der Waals surface area contributed by atoms with Gasteiger partial charge in [0.25, 0.3) is 0 Å². The van der Waals surface area contributed by atoms with Gasteiger partial charge in [-0.1, -0.05) is 0 Å². The minimum Gasteiger partial charge on any atom is -0.633 e. The molecule has 2 N–H and O–H groups in total. The Morgan fingerprint density at radius 3 is 1.32 bits per heavy atom. The zero-order chi connectivity index (χ0) is 29.3. The number of phenols is 2. The van der Waals surface area contributed by atoms with Gasteiger partial charge in [0.05, 0.1) is 99.4 Å². The molecule has 0 amide bonds. The molecule has 0 radical (unpaired) electrons. The Bertz CT molecular complexity index is 1290. The summed E-state index contributed by atoms with van der Waals surface area (Å²) < 4.78 is -1.04. The van der Waals surface area contributed by atoms with Crippen LogP contribution in [0.5, 0.6) is 11.5 Å². The molecule has 1 aliphatic carbocycles. The number of hydrogen-bond acceptors (Lipinski definition) is 10. The zero-order valence-electron chi connectivity index (χ0n) is 24.0. The Morgan fingerprint density at radius 1 is 0.650 bits per heavy atom. The van der Waals surface area contributed by atoms with Crippen LogP contribution < -0.4 is 19.6 Å². The molecule has 0 unspecified atom stereocenters. The molecule has 12 heteroatoms. The van der Waals surface area contributed by atoms with Gasteiger partial charge in [-0.15, -0.1) is 0 Å². The van der Waals surface area contributed by atoms with E-state index in [2.05, 4.69) is 9.80 Å². The van der Waals surface area contributed by atoms with E-state index in [0.717, 1.165) is 11.4 Å². The van der Waals surface area contributed by atoms with Crippen molar-refractivity contribution in [2.24, 2.45) is 0 Å². The summed E-state index contributed by atoms with van der Waals surface area (Å²) in [5.74, 6) is -1.87. The summed E-state index contributed by atoms with van der Waals surface area (Å²) in [4.78, 5) is 36.8. The lowest BCUT2D eigenvalue weighted by Crippen LogP contribution is -2.50. The largest absolute Gasteiger partial charge is 0.633 e. The smallest absolute Gasteiger partial charge is 0.200 e. The number of hydroxylamine groups is 6. The maximum Gasteiger partial charge on any atom is 0.200 e. The normalized spacial score (nSPS) is 17.1. The minimum atomic E-state index is -0.554. The fraction of sp³-hybridized carbons (Fsp3) is 0.500. The monoisotopic (exact) mass is 554 g/mol. The lowest BCUT2D eigenvalue weighted by Gasteiger charge is -2.48. The summed E-state index contributed by atoms with van der Waals surface area (Å²) in [6, 6.07) is 2.43. The van der Waals surface area contributed by atoms with Crippen molar-refractivity contribution in [3.63, 3.8) is 0 Å². The number of benzene rings is 2. The topological polar surface area (TPSA) is 134 Å². The lowest BCUT2D eigenvalue weighted by molar-refractivity contribution is -0.838. The van der Waals surface area contributed by atoms with E-state index in [9.17, 15) is 30.2 Å². The van der Waals surface area contributed by atoms with E-state index in [-0.39, 0.29) is 46.8 Å². The molecular weight excluding hydrogens is 516 g/mol. The Balaban J connectivity index is 1.84. The van der Waals surface area contributed by atoms with Crippen LogP contribution in [0.1, 0.15) is 31.8 Å². The molecule has 216 valence electrons. The predicted molar refractivity (Wildman–Crippen MR) is 155 cm³/mol. The number of fused-ring (bicyclic) bond motifs is 7. The second-order valence-corrected chi connectivity index (χ2v) is 12.1. The zero-order valence-corrected chi connectivity index (χ0v) is 24.0. The van der Waals surface area contributed by atoms with E-state index >= 15 is 0 Å². The first kappa shape index (κ1) is 28.0. The molecule has 2 aliphatic heterocycles. The quantitative estimate of drug-likeness (QED) is 0.263. The molecule has 0 spiro atoms. The van der Waals surface area contributed by atoms with Crippen LogP contribution in [-0.4, -0.2) is 126 Å². The van der Waals surface area contributed by atoms with Crippen molar-refractivity contribution in [2.45, 2.75) is 0 Å². The lowest BCUT2D eigenvalue weighted by atomic mass is 9.79. The summed E-state index contributed by atoms with van der Waals surface area (Å²) in [6.45, 7) is 3.57. The first-order valence-corrected chi connectivity index (χ1v) is 13.5. The van der Waals surface area contributed by atoms with Gasteiger partial charge in [0.15, 0.2) is 0 Å². The van der Waals surface area contributed by atoms with E-state index in [0.29, 0.717) is 50.6 Å². The second kappa shape index (κ2) is 9.51. The van der Waals surface area contributed by atoms with Crippen LogP contribution >= 0.6 is 0 Å². The Morgan fingerprint density at radius 2 is 1.00 bits per heavy atom. The third-order valence-corrected chi connectivity index (χ3v) is 8.09. The van der Waals surface area contributed by atoms with Crippen molar-refractivity contribution in [3.8, 4) is 11.5 Å². The number of nitrogens with zero attached hydrogens (tertiary/aromatic N) is 6. The Hall–Kier alpha value is -3.58. The van der Waals surface area contributed by atoms with Gasteiger partial charge in [-0.3, -0.25) is 9.59 Å². The van der Waals surface area contributed by atoms with Crippen molar-refractivity contribution in [1.82, 2.24) is 0 Å². The summed E-state index contributed by atoms with van der Waals surface area (Å²) >= 11 is 0. The number of aromatic hydroxyl groups is 2. The molecule has 0 saturated carbocycles. The molecule has 0 saturated heterocycles. The van der Waals surface area contributed by atoms with Gasteiger partial charge in [0, 0.05) is 40.3 Å². The minimum absolute atomic E-state index is 0.158. The molecule has 0 fully saturated rings. The van der Waals surface area contributed by atoms with Gasteiger partial charge in [-0.25, -0.2) is 0 Å².